The highest BCUT2D eigenvalue weighted by Crippen LogP contribution is 2.33. The molecule has 1 saturated carbocycles. The van der Waals surface area contributed by atoms with Gasteiger partial charge in [-0.15, -0.1) is 0 Å². The number of nitrogens with zero attached hydrogens (tertiary/aromatic N) is 1. The number of pyridine rings is 1. The van der Waals surface area contributed by atoms with Gasteiger partial charge in [-0.05, 0) is 41.5 Å². The summed E-state index contributed by atoms with van der Waals surface area (Å²) in [4.78, 5) is 4.26. The minimum Gasteiger partial charge on any atom is -0.326 e. The molecule has 0 saturated heterocycles. The van der Waals surface area contributed by atoms with E-state index in [0.29, 0.717) is 6.54 Å². The number of rotatable bonds is 3. The van der Waals surface area contributed by atoms with E-state index in [-0.39, 0.29) is 0 Å². The van der Waals surface area contributed by atoms with Crippen LogP contribution in [0.5, 0.6) is 0 Å². The Morgan fingerprint density at radius 1 is 0.950 bits per heavy atom. The summed E-state index contributed by atoms with van der Waals surface area (Å²) in [5.41, 5.74) is 10.6. The van der Waals surface area contributed by atoms with Gasteiger partial charge in [-0.2, -0.15) is 0 Å². The molecule has 104 valence electrons. The molecular formula is C18H22N2. The highest BCUT2D eigenvalue weighted by atomic mass is 14.6. The lowest BCUT2D eigenvalue weighted by Gasteiger charge is -2.22. The first-order valence-electron chi connectivity index (χ1n) is 7.61. The zero-order chi connectivity index (χ0) is 13.8. The van der Waals surface area contributed by atoms with E-state index in [1.54, 1.807) is 0 Å². The molecule has 0 bridgehead atoms. The fourth-order valence-corrected chi connectivity index (χ4v) is 3.14. The largest absolute Gasteiger partial charge is 0.326 e. The average molecular weight is 266 g/mol. The number of benzene rings is 1. The minimum atomic E-state index is 0.543. The lowest BCUT2D eigenvalue weighted by molar-refractivity contribution is 0.443. The van der Waals surface area contributed by atoms with Gasteiger partial charge in [-0.1, -0.05) is 43.5 Å². The van der Waals surface area contributed by atoms with Gasteiger partial charge in [0, 0.05) is 24.5 Å². The molecule has 1 aromatic heterocycles. The fourth-order valence-electron chi connectivity index (χ4n) is 3.14. The first-order valence-corrected chi connectivity index (χ1v) is 7.61. The second-order valence-corrected chi connectivity index (χ2v) is 5.74. The molecule has 0 radical (unpaired) electrons. The van der Waals surface area contributed by atoms with Crippen molar-refractivity contribution < 1.29 is 0 Å². The molecule has 0 spiro atoms. The molecule has 2 nitrogen and oxygen atoms in total. The Balaban J connectivity index is 1.81. The van der Waals surface area contributed by atoms with Crippen molar-refractivity contribution in [1.82, 2.24) is 4.98 Å². The Labute approximate surface area is 121 Å². The van der Waals surface area contributed by atoms with Crippen molar-refractivity contribution in [2.45, 2.75) is 44.6 Å². The van der Waals surface area contributed by atoms with Crippen LogP contribution in [0.25, 0.3) is 11.1 Å². The van der Waals surface area contributed by atoms with Gasteiger partial charge in [-0.25, -0.2) is 0 Å². The molecule has 2 heteroatoms. The van der Waals surface area contributed by atoms with Crippen molar-refractivity contribution in [2.75, 3.05) is 0 Å². The van der Waals surface area contributed by atoms with Crippen LogP contribution in [0.2, 0.25) is 0 Å². The summed E-state index contributed by atoms with van der Waals surface area (Å²) in [5.74, 6) is 0.770. The SMILES string of the molecule is NCc1cncc(-c2ccc(C3CCCCC3)cc2)c1. The third kappa shape index (κ3) is 2.91. The minimum absolute atomic E-state index is 0.543. The second kappa shape index (κ2) is 6.19. The predicted molar refractivity (Wildman–Crippen MR) is 83.4 cm³/mol. The summed E-state index contributed by atoms with van der Waals surface area (Å²) >= 11 is 0. The smallest absolute Gasteiger partial charge is 0.0346 e. The molecule has 0 unspecified atom stereocenters. The van der Waals surface area contributed by atoms with E-state index in [2.05, 4.69) is 35.3 Å². The van der Waals surface area contributed by atoms with Gasteiger partial charge in [0.1, 0.15) is 0 Å². The fraction of sp³-hybridized carbons (Fsp3) is 0.389. The van der Waals surface area contributed by atoms with Gasteiger partial charge in [0.05, 0.1) is 0 Å². The Morgan fingerprint density at radius 2 is 1.70 bits per heavy atom. The van der Waals surface area contributed by atoms with Crippen molar-refractivity contribution in [1.29, 1.82) is 0 Å². The van der Waals surface area contributed by atoms with Crippen LogP contribution in [0, 0.1) is 0 Å². The van der Waals surface area contributed by atoms with Crippen molar-refractivity contribution in [2.24, 2.45) is 5.73 Å². The predicted octanol–water partition coefficient (Wildman–Crippen LogP) is 4.26. The van der Waals surface area contributed by atoms with Crippen LogP contribution in [-0.4, -0.2) is 4.98 Å². The molecular weight excluding hydrogens is 244 g/mol. The van der Waals surface area contributed by atoms with Crippen molar-refractivity contribution in [3.05, 3.63) is 53.9 Å². The highest BCUT2D eigenvalue weighted by molar-refractivity contribution is 5.63. The monoisotopic (exact) mass is 266 g/mol. The normalized spacial score (nSPS) is 16.2. The molecule has 1 aliphatic carbocycles. The first-order chi connectivity index (χ1) is 9.86. The Hall–Kier alpha value is -1.67. The summed E-state index contributed by atoms with van der Waals surface area (Å²) in [6.45, 7) is 0.543. The number of aromatic nitrogens is 1. The van der Waals surface area contributed by atoms with E-state index in [4.69, 9.17) is 5.73 Å². The molecule has 1 aliphatic rings. The Kier molecular flexibility index (Phi) is 4.12. The third-order valence-corrected chi connectivity index (χ3v) is 4.35. The van der Waals surface area contributed by atoms with E-state index in [1.807, 2.05) is 12.4 Å². The number of hydrogen-bond donors (Lipinski definition) is 1. The molecule has 1 heterocycles. The second-order valence-electron chi connectivity index (χ2n) is 5.74. The van der Waals surface area contributed by atoms with E-state index in [1.165, 1.54) is 43.2 Å². The number of nitrogens with two attached hydrogens (primary N) is 1. The average Bonchev–Trinajstić information content (AvgIpc) is 2.56. The van der Waals surface area contributed by atoms with E-state index >= 15 is 0 Å². The molecule has 2 aromatic rings. The van der Waals surface area contributed by atoms with Crippen LogP contribution in [-0.2, 0) is 6.54 Å². The van der Waals surface area contributed by atoms with E-state index < -0.39 is 0 Å². The summed E-state index contributed by atoms with van der Waals surface area (Å²) in [6, 6.07) is 11.2. The van der Waals surface area contributed by atoms with Crippen LogP contribution in [0.1, 0.15) is 49.1 Å². The lowest BCUT2D eigenvalue weighted by atomic mass is 9.84. The van der Waals surface area contributed by atoms with Crippen LogP contribution in [0.4, 0.5) is 0 Å². The van der Waals surface area contributed by atoms with Crippen LogP contribution in [0.15, 0.2) is 42.7 Å². The van der Waals surface area contributed by atoms with Crippen molar-refractivity contribution >= 4 is 0 Å². The molecule has 1 aromatic carbocycles. The van der Waals surface area contributed by atoms with Gasteiger partial charge < -0.3 is 5.73 Å². The molecule has 1 fully saturated rings. The van der Waals surface area contributed by atoms with Crippen molar-refractivity contribution in [3.63, 3.8) is 0 Å². The summed E-state index contributed by atoms with van der Waals surface area (Å²) in [5, 5.41) is 0. The summed E-state index contributed by atoms with van der Waals surface area (Å²) in [6.07, 6.45) is 10.6. The molecule has 0 amide bonds. The van der Waals surface area contributed by atoms with E-state index in [9.17, 15) is 0 Å². The number of hydrogen-bond acceptors (Lipinski definition) is 2. The third-order valence-electron chi connectivity index (χ3n) is 4.35. The molecule has 0 atom stereocenters. The molecule has 2 N–H and O–H groups in total. The van der Waals surface area contributed by atoms with Crippen LogP contribution in [0.3, 0.4) is 0 Å². The standard InChI is InChI=1S/C18H22N2/c19-11-14-10-18(13-20-12-14)17-8-6-16(7-9-17)15-4-2-1-3-5-15/h6-10,12-13,15H,1-5,11,19H2. The maximum absolute atomic E-state index is 5.68. The summed E-state index contributed by atoms with van der Waals surface area (Å²) in [7, 11) is 0. The first kappa shape index (κ1) is 13.3. The Bertz CT molecular complexity index is 554. The Morgan fingerprint density at radius 3 is 2.40 bits per heavy atom. The van der Waals surface area contributed by atoms with Crippen molar-refractivity contribution in [3.8, 4) is 11.1 Å². The quantitative estimate of drug-likeness (QED) is 0.901. The zero-order valence-electron chi connectivity index (χ0n) is 11.9. The zero-order valence-corrected chi connectivity index (χ0v) is 11.9. The van der Waals surface area contributed by atoms with E-state index in [0.717, 1.165) is 17.0 Å². The molecule has 3 rings (SSSR count). The molecule has 20 heavy (non-hydrogen) atoms. The maximum atomic E-state index is 5.68. The molecule has 0 aliphatic heterocycles. The van der Waals surface area contributed by atoms with Crippen LogP contribution >= 0.6 is 0 Å². The highest BCUT2D eigenvalue weighted by Gasteiger charge is 2.15. The maximum Gasteiger partial charge on any atom is 0.0346 e. The lowest BCUT2D eigenvalue weighted by Crippen LogP contribution is -2.04. The van der Waals surface area contributed by atoms with Gasteiger partial charge in [0.15, 0.2) is 0 Å². The van der Waals surface area contributed by atoms with Gasteiger partial charge >= 0.3 is 0 Å². The van der Waals surface area contributed by atoms with Gasteiger partial charge in [-0.3, -0.25) is 4.98 Å². The topological polar surface area (TPSA) is 38.9 Å². The summed E-state index contributed by atoms with van der Waals surface area (Å²) < 4.78 is 0. The van der Waals surface area contributed by atoms with Gasteiger partial charge in [0.2, 0.25) is 0 Å². The van der Waals surface area contributed by atoms with Crippen LogP contribution < -0.4 is 5.73 Å². The van der Waals surface area contributed by atoms with Gasteiger partial charge in [0.25, 0.3) is 0 Å².